The molecule has 0 aromatic heterocycles. The third-order valence-electron chi connectivity index (χ3n) is 3.12. The average molecular weight is 284 g/mol. The lowest BCUT2D eigenvalue weighted by atomic mass is 10.1. The average Bonchev–Trinajstić information content (AvgIpc) is 2.79. The third kappa shape index (κ3) is 2.72. The Morgan fingerprint density at radius 2 is 2.32 bits per heavy atom. The molecule has 1 atom stereocenters. The van der Waals surface area contributed by atoms with Gasteiger partial charge in [0, 0.05) is 25.5 Å². The molecule has 0 spiro atoms. The van der Waals surface area contributed by atoms with Crippen molar-refractivity contribution >= 4 is 29.2 Å². The summed E-state index contributed by atoms with van der Waals surface area (Å²) in [7, 11) is 1.29. The van der Waals surface area contributed by atoms with E-state index < -0.39 is 5.97 Å². The monoisotopic (exact) mass is 283 g/mol. The van der Waals surface area contributed by atoms with Gasteiger partial charge in [0.1, 0.15) is 0 Å². The molecule has 1 aromatic carbocycles. The van der Waals surface area contributed by atoms with Crippen LogP contribution in [0, 0.1) is 5.92 Å². The highest BCUT2D eigenvalue weighted by Crippen LogP contribution is 2.32. The molecule has 1 aromatic rings. The highest BCUT2D eigenvalue weighted by atomic mass is 35.5. The largest absolute Gasteiger partial charge is 0.465 e. The van der Waals surface area contributed by atoms with Crippen molar-refractivity contribution in [2.75, 3.05) is 25.2 Å². The summed E-state index contributed by atoms with van der Waals surface area (Å²) in [6, 6.07) is 4.65. The summed E-state index contributed by atoms with van der Waals surface area (Å²) in [6.07, 6.45) is 0.311. The molecular formula is C13H14ClNO4. The summed E-state index contributed by atoms with van der Waals surface area (Å²) in [5.41, 5.74) is 0.886. The van der Waals surface area contributed by atoms with Gasteiger partial charge in [-0.25, -0.2) is 4.79 Å². The minimum atomic E-state index is -0.477. The lowest BCUT2D eigenvalue weighted by molar-refractivity contribution is -0.117. The number of ether oxygens (including phenoxy) is 1. The zero-order chi connectivity index (χ0) is 14.0. The molecule has 1 heterocycles. The van der Waals surface area contributed by atoms with Gasteiger partial charge in [-0.1, -0.05) is 11.6 Å². The van der Waals surface area contributed by atoms with E-state index >= 15 is 0 Å². The van der Waals surface area contributed by atoms with Crippen molar-refractivity contribution < 1.29 is 19.4 Å². The van der Waals surface area contributed by atoms with Crippen LogP contribution in [-0.4, -0.2) is 37.2 Å². The first kappa shape index (κ1) is 13.8. The van der Waals surface area contributed by atoms with Gasteiger partial charge in [0.2, 0.25) is 5.91 Å². The van der Waals surface area contributed by atoms with E-state index in [1.54, 1.807) is 12.1 Å². The molecule has 102 valence electrons. The third-order valence-corrected chi connectivity index (χ3v) is 3.43. The lowest BCUT2D eigenvalue weighted by Gasteiger charge is -2.18. The molecule has 0 saturated carbocycles. The number of hydrogen-bond acceptors (Lipinski definition) is 4. The van der Waals surface area contributed by atoms with Gasteiger partial charge >= 0.3 is 5.97 Å². The number of rotatable bonds is 3. The zero-order valence-electron chi connectivity index (χ0n) is 10.4. The smallest absolute Gasteiger partial charge is 0.337 e. The van der Waals surface area contributed by atoms with Gasteiger partial charge in [0.15, 0.2) is 0 Å². The van der Waals surface area contributed by atoms with Crippen LogP contribution in [0.2, 0.25) is 5.02 Å². The Morgan fingerprint density at radius 3 is 2.84 bits per heavy atom. The maximum absolute atomic E-state index is 11.8. The van der Waals surface area contributed by atoms with Crippen LogP contribution in [0.25, 0.3) is 0 Å². The van der Waals surface area contributed by atoms with Gasteiger partial charge in [0.05, 0.1) is 23.4 Å². The molecule has 1 amide bonds. The first-order valence-electron chi connectivity index (χ1n) is 5.86. The minimum Gasteiger partial charge on any atom is -0.465 e. The number of halogens is 1. The van der Waals surface area contributed by atoms with E-state index in [1.165, 1.54) is 18.1 Å². The number of aliphatic hydroxyl groups is 1. The topological polar surface area (TPSA) is 66.8 Å². The van der Waals surface area contributed by atoms with Crippen LogP contribution in [-0.2, 0) is 9.53 Å². The lowest BCUT2D eigenvalue weighted by Crippen LogP contribution is -2.25. The number of anilines is 1. The number of carbonyl (C=O) groups excluding carboxylic acids is 2. The second kappa shape index (κ2) is 5.59. The summed E-state index contributed by atoms with van der Waals surface area (Å²) < 4.78 is 4.60. The second-order valence-electron chi connectivity index (χ2n) is 4.41. The summed E-state index contributed by atoms with van der Waals surface area (Å²) in [6.45, 7) is 0.409. The van der Waals surface area contributed by atoms with Crippen LogP contribution in [0.4, 0.5) is 5.69 Å². The van der Waals surface area contributed by atoms with Gasteiger partial charge in [-0.05, 0) is 18.2 Å². The van der Waals surface area contributed by atoms with Crippen molar-refractivity contribution in [3.05, 3.63) is 28.8 Å². The van der Waals surface area contributed by atoms with E-state index in [0.29, 0.717) is 29.2 Å². The van der Waals surface area contributed by atoms with E-state index in [-0.39, 0.29) is 18.4 Å². The first-order chi connectivity index (χ1) is 9.06. The van der Waals surface area contributed by atoms with Crippen molar-refractivity contribution in [1.29, 1.82) is 0 Å². The summed E-state index contributed by atoms with van der Waals surface area (Å²) in [4.78, 5) is 24.7. The number of esters is 1. The Hall–Kier alpha value is -1.59. The van der Waals surface area contributed by atoms with E-state index in [9.17, 15) is 9.59 Å². The quantitative estimate of drug-likeness (QED) is 0.853. The number of nitrogens with zero attached hydrogens (tertiary/aromatic N) is 1. The maximum atomic E-state index is 11.8. The molecule has 0 radical (unpaired) electrons. The predicted molar refractivity (Wildman–Crippen MR) is 70.3 cm³/mol. The number of benzene rings is 1. The van der Waals surface area contributed by atoms with Crippen molar-refractivity contribution in [2.45, 2.75) is 6.42 Å². The minimum absolute atomic E-state index is 0.0277. The van der Waals surface area contributed by atoms with Gasteiger partial charge in [-0.2, -0.15) is 0 Å². The molecule has 1 N–H and O–H groups in total. The summed E-state index contributed by atoms with van der Waals surface area (Å²) in [5, 5.41) is 9.41. The number of hydrogen-bond donors (Lipinski definition) is 1. The van der Waals surface area contributed by atoms with Crippen molar-refractivity contribution in [2.24, 2.45) is 5.92 Å². The molecule has 1 unspecified atom stereocenters. The van der Waals surface area contributed by atoms with Crippen LogP contribution in [0.5, 0.6) is 0 Å². The van der Waals surface area contributed by atoms with Gasteiger partial charge < -0.3 is 14.7 Å². The molecule has 1 fully saturated rings. The standard InChI is InChI=1S/C13H14ClNO4/c1-19-13(18)9-2-3-11(10(14)5-9)15-6-8(7-16)4-12(15)17/h2-3,5,8,16H,4,6-7H2,1H3. The summed E-state index contributed by atoms with van der Waals surface area (Å²) >= 11 is 6.10. The maximum Gasteiger partial charge on any atom is 0.337 e. The van der Waals surface area contributed by atoms with Gasteiger partial charge in [-0.15, -0.1) is 0 Å². The predicted octanol–water partition coefficient (Wildman–Crippen LogP) is 1.47. The second-order valence-corrected chi connectivity index (χ2v) is 4.82. The van der Waals surface area contributed by atoms with E-state index in [1.807, 2.05) is 0 Å². The Morgan fingerprint density at radius 1 is 1.58 bits per heavy atom. The molecule has 2 rings (SSSR count). The number of aliphatic hydroxyl groups excluding tert-OH is 1. The molecule has 1 aliphatic heterocycles. The molecule has 19 heavy (non-hydrogen) atoms. The highest BCUT2D eigenvalue weighted by molar-refractivity contribution is 6.34. The van der Waals surface area contributed by atoms with Crippen LogP contribution < -0.4 is 4.90 Å². The molecule has 6 heteroatoms. The van der Waals surface area contributed by atoms with Crippen LogP contribution in [0.3, 0.4) is 0 Å². The van der Waals surface area contributed by atoms with Crippen molar-refractivity contribution in [3.63, 3.8) is 0 Å². The normalized spacial score (nSPS) is 18.8. The first-order valence-corrected chi connectivity index (χ1v) is 6.23. The number of carbonyl (C=O) groups is 2. The fourth-order valence-corrected chi connectivity index (χ4v) is 2.39. The van der Waals surface area contributed by atoms with Crippen molar-refractivity contribution in [3.8, 4) is 0 Å². The Labute approximate surface area is 115 Å². The highest BCUT2D eigenvalue weighted by Gasteiger charge is 2.31. The SMILES string of the molecule is COC(=O)c1ccc(N2CC(CO)CC2=O)c(Cl)c1. The molecule has 1 saturated heterocycles. The van der Waals surface area contributed by atoms with Crippen LogP contribution in [0.15, 0.2) is 18.2 Å². The zero-order valence-corrected chi connectivity index (χ0v) is 11.2. The fraction of sp³-hybridized carbons (Fsp3) is 0.385. The summed E-state index contributed by atoms with van der Waals surface area (Å²) in [5.74, 6) is -0.620. The Balaban J connectivity index is 2.27. The van der Waals surface area contributed by atoms with Gasteiger partial charge in [-0.3, -0.25) is 4.79 Å². The molecular weight excluding hydrogens is 270 g/mol. The Bertz CT molecular complexity index is 517. The number of amides is 1. The van der Waals surface area contributed by atoms with Gasteiger partial charge in [0.25, 0.3) is 0 Å². The number of methoxy groups -OCH3 is 1. The molecule has 0 bridgehead atoms. The van der Waals surface area contributed by atoms with E-state index in [0.717, 1.165) is 0 Å². The Kier molecular flexibility index (Phi) is 4.07. The fourth-order valence-electron chi connectivity index (χ4n) is 2.11. The van der Waals surface area contributed by atoms with E-state index in [4.69, 9.17) is 16.7 Å². The van der Waals surface area contributed by atoms with Crippen LogP contribution >= 0.6 is 11.6 Å². The van der Waals surface area contributed by atoms with Crippen molar-refractivity contribution in [1.82, 2.24) is 0 Å². The molecule has 5 nitrogen and oxygen atoms in total. The van der Waals surface area contributed by atoms with Crippen LogP contribution in [0.1, 0.15) is 16.8 Å². The molecule has 0 aliphatic carbocycles. The van der Waals surface area contributed by atoms with E-state index in [2.05, 4.69) is 4.74 Å². The molecule has 1 aliphatic rings.